The number of carbonyl (C=O) groups is 3. The van der Waals surface area contributed by atoms with Crippen molar-refractivity contribution in [1.82, 2.24) is 15.1 Å². The Balaban J connectivity index is 1.27. The molecule has 2 aliphatic rings. The third kappa shape index (κ3) is 5.19. The van der Waals surface area contributed by atoms with E-state index in [-0.39, 0.29) is 24.1 Å². The summed E-state index contributed by atoms with van der Waals surface area (Å²) in [6.07, 6.45) is 4.19. The minimum atomic E-state index is -0.876. The Hall–Kier alpha value is -3.45. The Morgan fingerprint density at radius 3 is 2.45 bits per heavy atom. The minimum absolute atomic E-state index is 0.0422. The zero-order chi connectivity index (χ0) is 21.6. The lowest BCUT2D eigenvalue weighted by Crippen LogP contribution is -2.51. The van der Waals surface area contributed by atoms with E-state index in [1.54, 1.807) is 29.2 Å². The van der Waals surface area contributed by atoms with Gasteiger partial charge in [0.15, 0.2) is 0 Å². The van der Waals surface area contributed by atoms with Gasteiger partial charge in [0.05, 0.1) is 17.7 Å². The van der Waals surface area contributed by atoms with Crippen LogP contribution in [0.5, 0.6) is 0 Å². The van der Waals surface area contributed by atoms with Gasteiger partial charge in [-0.25, -0.2) is 0 Å². The van der Waals surface area contributed by atoms with Crippen LogP contribution >= 0.6 is 0 Å². The molecule has 0 spiro atoms. The third-order valence-electron chi connectivity index (χ3n) is 5.63. The Morgan fingerprint density at radius 1 is 0.968 bits per heavy atom. The van der Waals surface area contributed by atoms with Crippen molar-refractivity contribution in [2.24, 2.45) is 0 Å². The molecule has 0 aromatic heterocycles. The molecule has 31 heavy (non-hydrogen) atoms. The van der Waals surface area contributed by atoms with E-state index in [4.69, 9.17) is 0 Å². The number of nitrogens with one attached hydrogen (secondary N) is 2. The number of para-hydroxylation sites is 1. The van der Waals surface area contributed by atoms with Gasteiger partial charge >= 0.3 is 0 Å². The van der Waals surface area contributed by atoms with Crippen molar-refractivity contribution in [2.45, 2.75) is 12.5 Å². The number of anilines is 1. The molecule has 4 rings (SSSR count). The summed E-state index contributed by atoms with van der Waals surface area (Å²) in [4.78, 5) is 41.8. The average Bonchev–Trinajstić information content (AvgIpc) is 2.91. The topological polar surface area (TPSA) is 81.8 Å². The molecule has 0 radical (unpaired) electrons. The van der Waals surface area contributed by atoms with E-state index >= 15 is 0 Å². The molecule has 1 fully saturated rings. The largest absolute Gasteiger partial charge is 0.340 e. The Kier molecular flexibility index (Phi) is 6.43. The fourth-order valence-electron chi connectivity index (χ4n) is 3.84. The molecular weight excluding hydrogens is 392 g/mol. The highest BCUT2D eigenvalue weighted by atomic mass is 16.2. The quantitative estimate of drug-likeness (QED) is 0.778. The highest BCUT2D eigenvalue weighted by molar-refractivity contribution is 6.10. The normalized spacial score (nSPS) is 19.5. The summed E-state index contributed by atoms with van der Waals surface area (Å²) >= 11 is 0. The summed E-state index contributed by atoms with van der Waals surface area (Å²) in [5.41, 5.74) is 2.04. The first-order valence-corrected chi connectivity index (χ1v) is 10.5. The van der Waals surface area contributed by atoms with Crippen molar-refractivity contribution in [1.29, 1.82) is 0 Å². The van der Waals surface area contributed by atoms with Crippen LogP contribution in [0.3, 0.4) is 0 Å². The molecule has 160 valence electrons. The molecule has 7 nitrogen and oxygen atoms in total. The maximum Gasteiger partial charge on any atom is 0.254 e. The van der Waals surface area contributed by atoms with Crippen LogP contribution in [0.15, 0.2) is 60.7 Å². The molecule has 7 heteroatoms. The van der Waals surface area contributed by atoms with Crippen molar-refractivity contribution in [3.05, 3.63) is 71.8 Å². The Morgan fingerprint density at radius 2 is 1.68 bits per heavy atom. The van der Waals surface area contributed by atoms with Crippen LogP contribution in [-0.2, 0) is 9.59 Å². The van der Waals surface area contributed by atoms with Gasteiger partial charge in [0.25, 0.3) is 5.91 Å². The van der Waals surface area contributed by atoms with Gasteiger partial charge in [-0.1, -0.05) is 54.6 Å². The molecule has 2 aliphatic heterocycles. The molecule has 3 amide bonds. The van der Waals surface area contributed by atoms with Crippen molar-refractivity contribution in [3.63, 3.8) is 0 Å². The lowest BCUT2D eigenvalue weighted by Gasteiger charge is -2.34. The highest BCUT2D eigenvalue weighted by Gasteiger charge is 2.31. The summed E-state index contributed by atoms with van der Waals surface area (Å²) in [7, 11) is 0. The van der Waals surface area contributed by atoms with E-state index < -0.39 is 6.04 Å². The number of fused-ring (bicyclic) bond motifs is 1. The highest BCUT2D eigenvalue weighted by Crippen LogP contribution is 2.19. The van der Waals surface area contributed by atoms with E-state index in [0.717, 1.165) is 19.6 Å². The Labute approximate surface area is 181 Å². The van der Waals surface area contributed by atoms with E-state index in [1.165, 1.54) is 5.56 Å². The fourth-order valence-corrected chi connectivity index (χ4v) is 3.84. The standard InChI is InChI=1S/C24H26N4O3/c29-22(17-21-24(31)25-20-11-5-4-10-19(20)23(30)26-21)28-15-13-27(14-16-28)12-6-9-18-7-2-1-3-8-18/h1-11,21H,12-17H2,(H,25,31)(H,26,30)/t21-/m0/s1. The van der Waals surface area contributed by atoms with Crippen LogP contribution in [0, 0.1) is 0 Å². The van der Waals surface area contributed by atoms with E-state index in [9.17, 15) is 14.4 Å². The lowest BCUT2D eigenvalue weighted by atomic mass is 10.1. The molecule has 2 aromatic rings. The maximum atomic E-state index is 12.8. The third-order valence-corrected chi connectivity index (χ3v) is 5.63. The maximum absolute atomic E-state index is 12.8. The van der Waals surface area contributed by atoms with Gasteiger partial charge in [-0.3, -0.25) is 19.3 Å². The van der Waals surface area contributed by atoms with Crippen LogP contribution < -0.4 is 10.6 Å². The van der Waals surface area contributed by atoms with Gasteiger partial charge in [0.1, 0.15) is 6.04 Å². The number of benzene rings is 2. The van der Waals surface area contributed by atoms with Crippen LogP contribution in [0.4, 0.5) is 5.69 Å². The smallest absolute Gasteiger partial charge is 0.254 e. The van der Waals surface area contributed by atoms with Gasteiger partial charge in [-0.05, 0) is 17.7 Å². The monoisotopic (exact) mass is 418 g/mol. The minimum Gasteiger partial charge on any atom is -0.340 e. The summed E-state index contributed by atoms with van der Waals surface area (Å²) < 4.78 is 0. The summed E-state index contributed by atoms with van der Waals surface area (Å²) in [5, 5.41) is 5.44. The van der Waals surface area contributed by atoms with Gasteiger partial charge < -0.3 is 15.5 Å². The molecule has 2 N–H and O–H groups in total. The number of nitrogens with zero attached hydrogens (tertiary/aromatic N) is 2. The van der Waals surface area contributed by atoms with E-state index in [1.807, 2.05) is 18.2 Å². The molecule has 0 unspecified atom stereocenters. The molecule has 2 heterocycles. The second-order valence-electron chi connectivity index (χ2n) is 7.76. The van der Waals surface area contributed by atoms with Crippen molar-refractivity contribution in [2.75, 3.05) is 38.0 Å². The number of rotatable bonds is 5. The molecule has 0 saturated carbocycles. The average molecular weight is 418 g/mol. The van der Waals surface area contributed by atoms with Gasteiger partial charge in [-0.2, -0.15) is 0 Å². The second kappa shape index (κ2) is 9.57. The van der Waals surface area contributed by atoms with Gasteiger partial charge in [-0.15, -0.1) is 0 Å². The number of piperazine rings is 1. The molecule has 1 saturated heterocycles. The van der Waals surface area contributed by atoms with Crippen molar-refractivity contribution >= 4 is 29.5 Å². The lowest BCUT2D eigenvalue weighted by molar-refractivity contribution is -0.135. The summed E-state index contributed by atoms with van der Waals surface area (Å²) in [5.74, 6) is -0.830. The first kappa shape index (κ1) is 20.8. The van der Waals surface area contributed by atoms with Gasteiger partial charge in [0, 0.05) is 32.7 Å². The summed E-state index contributed by atoms with van der Waals surface area (Å²) in [6.45, 7) is 3.61. The predicted molar refractivity (Wildman–Crippen MR) is 119 cm³/mol. The van der Waals surface area contributed by atoms with Crippen molar-refractivity contribution < 1.29 is 14.4 Å². The predicted octanol–water partition coefficient (Wildman–Crippen LogP) is 1.98. The van der Waals surface area contributed by atoms with E-state index in [2.05, 4.69) is 39.8 Å². The zero-order valence-corrected chi connectivity index (χ0v) is 17.3. The second-order valence-corrected chi connectivity index (χ2v) is 7.76. The zero-order valence-electron chi connectivity index (χ0n) is 17.3. The number of carbonyl (C=O) groups excluding carboxylic acids is 3. The molecule has 0 bridgehead atoms. The van der Waals surface area contributed by atoms with E-state index in [0.29, 0.717) is 24.3 Å². The molecule has 2 aromatic carbocycles. The van der Waals surface area contributed by atoms with Crippen LogP contribution in [0.1, 0.15) is 22.3 Å². The molecule has 0 aliphatic carbocycles. The SMILES string of the molecule is O=C1N[C@@H](CC(=O)N2CCN(CC=Cc3ccccc3)CC2)C(=O)Nc2ccccc21. The van der Waals surface area contributed by atoms with Crippen LogP contribution in [-0.4, -0.2) is 66.3 Å². The number of hydrogen-bond acceptors (Lipinski definition) is 4. The van der Waals surface area contributed by atoms with Crippen LogP contribution in [0.25, 0.3) is 6.08 Å². The number of hydrogen-bond donors (Lipinski definition) is 2. The Bertz CT molecular complexity index is 981. The summed E-state index contributed by atoms with van der Waals surface area (Å²) in [6, 6.07) is 16.1. The fraction of sp³-hybridized carbons (Fsp3) is 0.292. The molecule has 1 atom stereocenters. The van der Waals surface area contributed by atoms with Crippen molar-refractivity contribution in [3.8, 4) is 0 Å². The van der Waals surface area contributed by atoms with Gasteiger partial charge in [0.2, 0.25) is 11.8 Å². The first-order chi connectivity index (χ1) is 15.1. The van der Waals surface area contributed by atoms with Crippen LogP contribution in [0.2, 0.25) is 0 Å². The number of amides is 3. The molecular formula is C24H26N4O3. The first-order valence-electron chi connectivity index (χ1n) is 10.5.